The molecule has 32 heavy (non-hydrogen) atoms. The van der Waals surface area contributed by atoms with E-state index in [0.717, 1.165) is 10.0 Å². The second-order valence-electron chi connectivity index (χ2n) is 7.47. The van der Waals surface area contributed by atoms with Gasteiger partial charge in [0.2, 0.25) is 0 Å². The quantitative estimate of drug-likeness (QED) is 0.263. The predicted molar refractivity (Wildman–Crippen MR) is 126 cm³/mol. The maximum atomic E-state index is 13.0. The molecule has 0 saturated carbocycles. The summed E-state index contributed by atoms with van der Waals surface area (Å²) < 4.78 is 5.04. The predicted octanol–water partition coefficient (Wildman–Crippen LogP) is 3.39. The summed E-state index contributed by atoms with van der Waals surface area (Å²) in [7, 11) is 3.13. The number of fused-ring (bicyclic) bond motifs is 1. The fourth-order valence-corrected chi connectivity index (χ4v) is 4.13. The first-order valence-electron chi connectivity index (χ1n) is 9.56. The number of aryl methyl sites for hydroxylation is 4. The highest BCUT2D eigenvalue weighted by Crippen LogP contribution is 2.32. The first kappa shape index (κ1) is 21.5. The number of aromatic amines is 1. The molecule has 4 aromatic rings. The van der Waals surface area contributed by atoms with E-state index in [1.54, 1.807) is 21.0 Å². The largest absolute Gasteiger partial charge is 0.328 e. The first-order valence-corrected chi connectivity index (χ1v) is 10.4. The number of imidazole rings is 1. The molecule has 0 bridgehead atoms. The van der Waals surface area contributed by atoms with Crippen LogP contribution < -0.4 is 11.2 Å². The number of nitro groups is 1. The SMILES string of the molecule is Cc1cc(Br)ccc1-n1[nH]c(C)c(C=Nc2cc3c(cc2[N+](=O)[O-])n(C)c(=O)n3C)c1=O. The van der Waals surface area contributed by atoms with Crippen LogP contribution in [0.2, 0.25) is 0 Å². The molecule has 10 nitrogen and oxygen atoms in total. The Kier molecular flexibility index (Phi) is 5.21. The van der Waals surface area contributed by atoms with Crippen LogP contribution in [0, 0.1) is 24.0 Å². The Morgan fingerprint density at radius 3 is 2.38 bits per heavy atom. The molecule has 1 N–H and O–H groups in total. The number of halogens is 1. The van der Waals surface area contributed by atoms with Crippen LogP contribution >= 0.6 is 15.9 Å². The maximum absolute atomic E-state index is 13.0. The van der Waals surface area contributed by atoms with Crippen molar-refractivity contribution in [3.8, 4) is 5.69 Å². The van der Waals surface area contributed by atoms with Gasteiger partial charge >= 0.3 is 5.69 Å². The number of nitro benzene ring substituents is 1. The third kappa shape index (κ3) is 3.40. The molecular formula is C21H19BrN6O4. The highest BCUT2D eigenvalue weighted by molar-refractivity contribution is 9.10. The Morgan fingerprint density at radius 1 is 1.09 bits per heavy atom. The molecule has 0 atom stereocenters. The second kappa shape index (κ2) is 7.75. The number of H-pyrrole nitrogens is 1. The van der Waals surface area contributed by atoms with Crippen LogP contribution in [0.25, 0.3) is 16.7 Å². The summed E-state index contributed by atoms with van der Waals surface area (Å²) in [6, 6.07) is 8.34. The normalized spacial score (nSPS) is 11.7. The molecular weight excluding hydrogens is 480 g/mol. The molecule has 2 aromatic heterocycles. The average Bonchev–Trinajstić information content (AvgIpc) is 3.13. The van der Waals surface area contributed by atoms with Gasteiger partial charge < -0.3 is 0 Å². The summed E-state index contributed by atoms with van der Waals surface area (Å²) in [5, 5.41) is 14.7. The van der Waals surface area contributed by atoms with E-state index >= 15 is 0 Å². The molecule has 0 aliphatic heterocycles. The van der Waals surface area contributed by atoms with Crippen LogP contribution in [0.4, 0.5) is 11.4 Å². The van der Waals surface area contributed by atoms with Crippen molar-refractivity contribution in [2.24, 2.45) is 19.1 Å². The Balaban J connectivity index is 1.85. The van der Waals surface area contributed by atoms with Gasteiger partial charge in [0.15, 0.2) is 0 Å². The van der Waals surface area contributed by atoms with Gasteiger partial charge in [0.25, 0.3) is 11.2 Å². The van der Waals surface area contributed by atoms with Crippen molar-refractivity contribution in [2.45, 2.75) is 13.8 Å². The van der Waals surface area contributed by atoms with E-state index in [1.807, 2.05) is 25.1 Å². The molecule has 0 saturated heterocycles. The fraction of sp³-hybridized carbons (Fsp3) is 0.190. The van der Waals surface area contributed by atoms with Crippen LogP contribution in [0.1, 0.15) is 16.8 Å². The summed E-state index contributed by atoms with van der Waals surface area (Å²) in [6.45, 7) is 3.62. The molecule has 164 valence electrons. The molecule has 0 fully saturated rings. The average molecular weight is 499 g/mol. The maximum Gasteiger partial charge on any atom is 0.328 e. The van der Waals surface area contributed by atoms with E-state index in [-0.39, 0.29) is 28.2 Å². The molecule has 0 unspecified atom stereocenters. The topological polar surface area (TPSA) is 120 Å². The van der Waals surface area contributed by atoms with Gasteiger partial charge in [-0.1, -0.05) is 15.9 Å². The minimum Gasteiger partial charge on any atom is -0.295 e. The van der Waals surface area contributed by atoms with Gasteiger partial charge in [0.1, 0.15) is 5.69 Å². The standard InChI is InChI=1S/C21H19BrN6O4/c1-11-7-13(22)5-6-16(11)27-20(29)14(12(2)24-27)10-23-15-8-18-19(9-17(15)28(31)32)26(4)21(30)25(18)3/h5-10,24H,1-4H3. The van der Waals surface area contributed by atoms with Gasteiger partial charge in [-0.15, -0.1) is 0 Å². The van der Waals surface area contributed by atoms with E-state index in [2.05, 4.69) is 26.0 Å². The third-order valence-corrected chi connectivity index (χ3v) is 5.91. The molecule has 11 heteroatoms. The molecule has 4 rings (SSSR count). The minimum atomic E-state index is -0.558. The lowest BCUT2D eigenvalue weighted by Crippen LogP contribution is -2.19. The highest BCUT2D eigenvalue weighted by atomic mass is 79.9. The first-order chi connectivity index (χ1) is 15.1. The second-order valence-corrected chi connectivity index (χ2v) is 8.38. The number of nitrogens with one attached hydrogen (secondary N) is 1. The Bertz CT molecular complexity index is 1550. The van der Waals surface area contributed by atoms with Crippen molar-refractivity contribution in [1.82, 2.24) is 18.9 Å². The zero-order chi connectivity index (χ0) is 23.3. The summed E-state index contributed by atoms with van der Waals surface area (Å²) in [5.74, 6) is 0. The molecule has 0 aliphatic rings. The molecule has 0 radical (unpaired) electrons. The zero-order valence-electron chi connectivity index (χ0n) is 17.7. The smallest absolute Gasteiger partial charge is 0.295 e. The summed E-state index contributed by atoms with van der Waals surface area (Å²) >= 11 is 3.41. The van der Waals surface area contributed by atoms with Crippen LogP contribution in [-0.2, 0) is 14.1 Å². The molecule has 0 amide bonds. The van der Waals surface area contributed by atoms with Gasteiger partial charge in [0.05, 0.1) is 27.2 Å². The van der Waals surface area contributed by atoms with Crippen molar-refractivity contribution in [1.29, 1.82) is 0 Å². The minimum absolute atomic E-state index is 0.0510. The van der Waals surface area contributed by atoms with Crippen molar-refractivity contribution in [3.63, 3.8) is 0 Å². The summed E-state index contributed by atoms with van der Waals surface area (Å²) in [4.78, 5) is 40.6. The molecule has 2 aromatic carbocycles. The van der Waals surface area contributed by atoms with Crippen molar-refractivity contribution >= 4 is 44.6 Å². The van der Waals surface area contributed by atoms with E-state index in [0.29, 0.717) is 22.4 Å². The number of hydrogen-bond acceptors (Lipinski definition) is 5. The van der Waals surface area contributed by atoms with Crippen molar-refractivity contribution in [3.05, 3.63) is 82.6 Å². The van der Waals surface area contributed by atoms with Crippen LogP contribution in [0.5, 0.6) is 0 Å². The van der Waals surface area contributed by atoms with Crippen LogP contribution in [-0.4, -0.2) is 30.1 Å². The molecule has 0 aliphatic carbocycles. The zero-order valence-corrected chi connectivity index (χ0v) is 19.3. The molecule has 2 heterocycles. The Labute approximate surface area is 189 Å². The number of benzene rings is 2. The molecule has 0 spiro atoms. The van der Waals surface area contributed by atoms with Gasteiger partial charge in [-0.3, -0.25) is 29.1 Å². The summed E-state index contributed by atoms with van der Waals surface area (Å²) in [5.41, 5.74) is 2.52. The van der Waals surface area contributed by atoms with Crippen molar-refractivity contribution < 1.29 is 4.92 Å². The van der Waals surface area contributed by atoms with E-state index in [4.69, 9.17) is 0 Å². The lowest BCUT2D eigenvalue weighted by molar-refractivity contribution is -0.383. The number of rotatable bonds is 4. The highest BCUT2D eigenvalue weighted by Gasteiger charge is 2.20. The number of hydrogen-bond donors (Lipinski definition) is 1. The number of aromatic nitrogens is 4. The Hall–Kier alpha value is -3.73. The van der Waals surface area contributed by atoms with Gasteiger partial charge in [-0.25, -0.2) is 14.5 Å². The fourth-order valence-electron chi connectivity index (χ4n) is 3.66. The number of aliphatic imine (C=N–C) groups is 1. The van der Waals surface area contributed by atoms with E-state index in [9.17, 15) is 19.7 Å². The van der Waals surface area contributed by atoms with Gasteiger partial charge in [-0.2, -0.15) is 0 Å². The van der Waals surface area contributed by atoms with Gasteiger partial charge in [-0.05, 0) is 43.7 Å². The van der Waals surface area contributed by atoms with Gasteiger partial charge in [0, 0.05) is 36.5 Å². The van der Waals surface area contributed by atoms with Crippen LogP contribution in [0.3, 0.4) is 0 Å². The number of nitrogens with zero attached hydrogens (tertiary/aromatic N) is 5. The Morgan fingerprint density at radius 2 is 1.75 bits per heavy atom. The lowest BCUT2D eigenvalue weighted by atomic mass is 10.2. The monoisotopic (exact) mass is 498 g/mol. The van der Waals surface area contributed by atoms with E-state index < -0.39 is 4.92 Å². The van der Waals surface area contributed by atoms with E-state index in [1.165, 1.54) is 32.2 Å². The summed E-state index contributed by atoms with van der Waals surface area (Å²) in [6.07, 6.45) is 1.31. The van der Waals surface area contributed by atoms with Crippen LogP contribution in [0.15, 0.2) is 49.4 Å². The van der Waals surface area contributed by atoms with Crippen molar-refractivity contribution in [2.75, 3.05) is 0 Å². The lowest BCUT2D eigenvalue weighted by Gasteiger charge is -2.06. The third-order valence-electron chi connectivity index (χ3n) is 5.41.